The van der Waals surface area contributed by atoms with Crippen LogP contribution < -0.4 is 9.47 Å². The first-order valence-corrected chi connectivity index (χ1v) is 15.9. The first-order chi connectivity index (χ1) is 20.0. The van der Waals surface area contributed by atoms with Gasteiger partial charge in [0.1, 0.15) is 21.5 Å². The molecule has 1 atom stereocenters. The average molecular weight is 579 g/mol. The van der Waals surface area contributed by atoms with Crippen LogP contribution in [-0.2, 0) is 9.53 Å². The average Bonchev–Trinajstić information content (AvgIpc) is 3.49. The largest absolute Gasteiger partial charge is 0.494 e. The quantitative estimate of drug-likeness (QED) is 0.0756. The second-order valence-corrected chi connectivity index (χ2v) is 11.7. The van der Waals surface area contributed by atoms with E-state index in [2.05, 4.69) is 42.8 Å². The molecule has 7 heteroatoms. The van der Waals surface area contributed by atoms with Gasteiger partial charge < -0.3 is 14.2 Å². The van der Waals surface area contributed by atoms with Gasteiger partial charge in [0.25, 0.3) is 0 Å². The third-order valence-corrected chi connectivity index (χ3v) is 8.02. The second-order valence-electron chi connectivity index (χ2n) is 10.7. The lowest BCUT2D eigenvalue weighted by atomic mass is 10.1. The molecule has 0 aliphatic heterocycles. The Morgan fingerprint density at radius 2 is 1.22 bits per heavy atom. The van der Waals surface area contributed by atoms with Crippen LogP contribution in [0.1, 0.15) is 85.0 Å². The van der Waals surface area contributed by atoms with Gasteiger partial charge in [-0.15, -0.1) is 10.2 Å². The molecule has 222 valence electrons. The fraction of sp³-hybridized carbons (Fsp3) is 0.500. The standard InChI is InChI=1S/C34H46N2O4S/c1-5-27(4)25-40-31-21-17-29(18-22-31)33-36-35-32(41-33)28-15-19-30(20-16-28)38-23-13-11-9-7-6-8-10-12-14-24-39-34(37)26(2)3/h15-22,27H,2,5-14,23-25H2,1,3-4H3. The molecule has 3 rings (SSSR count). The highest BCUT2D eigenvalue weighted by molar-refractivity contribution is 7.17. The van der Waals surface area contributed by atoms with Gasteiger partial charge in [0.2, 0.25) is 0 Å². The Bertz CT molecular complexity index is 1170. The number of ether oxygens (including phenoxy) is 3. The molecule has 6 nitrogen and oxygen atoms in total. The summed E-state index contributed by atoms with van der Waals surface area (Å²) in [6.07, 6.45) is 11.6. The van der Waals surface area contributed by atoms with E-state index < -0.39 is 0 Å². The number of esters is 1. The van der Waals surface area contributed by atoms with E-state index in [4.69, 9.17) is 14.2 Å². The predicted octanol–water partition coefficient (Wildman–Crippen LogP) is 9.31. The number of aromatic nitrogens is 2. The van der Waals surface area contributed by atoms with Crippen molar-refractivity contribution in [2.45, 2.75) is 85.0 Å². The SMILES string of the molecule is C=C(C)C(=O)OCCCCCCCCCCCOc1ccc(-c2nnc(-c3ccc(OCC(C)CC)cc3)s2)cc1. The summed E-state index contributed by atoms with van der Waals surface area (Å²) in [5.74, 6) is 2.04. The summed E-state index contributed by atoms with van der Waals surface area (Å²) < 4.78 is 16.9. The minimum absolute atomic E-state index is 0.283. The number of carbonyl (C=O) groups is 1. The second kappa shape index (κ2) is 18.3. The molecular formula is C34H46N2O4S. The zero-order valence-electron chi connectivity index (χ0n) is 25.0. The number of nitrogens with zero attached hydrogens (tertiary/aromatic N) is 2. The summed E-state index contributed by atoms with van der Waals surface area (Å²) in [6, 6.07) is 16.2. The van der Waals surface area contributed by atoms with Crippen LogP contribution in [0.4, 0.5) is 0 Å². The number of rotatable bonds is 20. The Labute approximate surface area is 250 Å². The maximum atomic E-state index is 11.3. The lowest BCUT2D eigenvalue weighted by molar-refractivity contribution is -0.139. The molecule has 0 N–H and O–H groups in total. The molecule has 41 heavy (non-hydrogen) atoms. The lowest BCUT2D eigenvalue weighted by Crippen LogP contribution is -2.06. The number of benzene rings is 2. The summed E-state index contributed by atoms with van der Waals surface area (Å²) in [7, 11) is 0. The van der Waals surface area contributed by atoms with Gasteiger partial charge in [-0.05, 0) is 74.2 Å². The Balaban J connectivity index is 1.26. The number of unbranched alkanes of at least 4 members (excludes halogenated alkanes) is 8. The zero-order chi connectivity index (χ0) is 29.3. The van der Waals surface area contributed by atoms with Crippen molar-refractivity contribution in [3.8, 4) is 32.6 Å². The first-order valence-electron chi connectivity index (χ1n) is 15.1. The van der Waals surface area contributed by atoms with Gasteiger partial charge in [-0.3, -0.25) is 0 Å². The first kappa shape index (κ1) is 32.3. The Kier molecular flexibility index (Phi) is 14.4. The minimum atomic E-state index is -0.283. The number of hydrogen-bond acceptors (Lipinski definition) is 7. The van der Waals surface area contributed by atoms with Crippen molar-refractivity contribution in [2.75, 3.05) is 19.8 Å². The summed E-state index contributed by atoms with van der Waals surface area (Å²) in [4.78, 5) is 11.3. The topological polar surface area (TPSA) is 70.5 Å². The predicted molar refractivity (Wildman–Crippen MR) is 169 cm³/mol. The molecule has 0 aliphatic carbocycles. The van der Waals surface area contributed by atoms with Crippen molar-refractivity contribution >= 4 is 17.3 Å². The van der Waals surface area contributed by atoms with Gasteiger partial charge >= 0.3 is 5.97 Å². The van der Waals surface area contributed by atoms with Crippen LogP contribution >= 0.6 is 11.3 Å². The van der Waals surface area contributed by atoms with Crippen molar-refractivity contribution in [3.05, 3.63) is 60.7 Å². The molecular weight excluding hydrogens is 532 g/mol. The van der Waals surface area contributed by atoms with Crippen LogP contribution in [0.25, 0.3) is 21.1 Å². The highest BCUT2D eigenvalue weighted by atomic mass is 32.1. The van der Waals surface area contributed by atoms with Crippen LogP contribution in [0.15, 0.2) is 60.7 Å². The van der Waals surface area contributed by atoms with E-state index in [0.717, 1.165) is 71.5 Å². The van der Waals surface area contributed by atoms with E-state index in [0.29, 0.717) is 18.1 Å². The van der Waals surface area contributed by atoms with Crippen LogP contribution in [0.5, 0.6) is 11.5 Å². The molecule has 0 radical (unpaired) electrons. The van der Waals surface area contributed by atoms with Gasteiger partial charge in [0.15, 0.2) is 0 Å². The van der Waals surface area contributed by atoms with E-state index in [1.807, 2.05) is 36.4 Å². The van der Waals surface area contributed by atoms with E-state index in [1.165, 1.54) is 38.5 Å². The zero-order valence-corrected chi connectivity index (χ0v) is 25.8. The van der Waals surface area contributed by atoms with Gasteiger partial charge in [0.05, 0.1) is 19.8 Å². The maximum absolute atomic E-state index is 11.3. The molecule has 3 aromatic rings. The molecule has 1 aromatic heterocycles. The molecule has 0 amide bonds. The Morgan fingerprint density at radius 1 is 0.756 bits per heavy atom. The molecule has 0 saturated heterocycles. The number of hydrogen-bond donors (Lipinski definition) is 0. The Morgan fingerprint density at radius 3 is 1.71 bits per heavy atom. The Hall–Kier alpha value is -3.19. The van der Waals surface area contributed by atoms with Crippen molar-refractivity contribution in [2.24, 2.45) is 5.92 Å². The molecule has 1 heterocycles. The molecule has 2 aromatic carbocycles. The normalized spacial score (nSPS) is 11.7. The fourth-order valence-electron chi connectivity index (χ4n) is 4.12. The molecule has 1 unspecified atom stereocenters. The smallest absolute Gasteiger partial charge is 0.333 e. The van der Waals surface area contributed by atoms with E-state index in [9.17, 15) is 4.79 Å². The third-order valence-electron chi connectivity index (χ3n) is 7.00. The van der Waals surface area contributed by atoms with Crippen molar-refractivity contribution in [3.63, 3.8) is 0 Å². The van der Waals surface area contributed by atoms with Gasteiger partial charge in [-0.2, -0.15) is 0 Å². The van der Waals surface area contributed by atoms with E-state index >= 15 is 0 Å². The summed E-state index contributed by atoms with van der Waals surface area (Å²) in [6.45, 7) is 11.6. The van der Waals surface area contributed by atoms with E-state index in [-0.39, 0.29) is 5.97 Å². The van der Waals surface area contributed by atoms with Crippen molar-refractivity contribution in [1.29, 1.82) is 0 Å². The van der Waals surface area contributed by atoms with E-state index in [1.54, 1.807) is 18.3 Å². The van der Waals surface area contributed by atoms with Crippen molar-refractivity contribution in [1.82, 2.24) is 10.2 Å². The van der Waals surface area contributed by atoms with Gasteiger partial charge in [-0.1, -0.05) is 83.1 Å². The molecule has 0 spiro atoms. The summed E-state index contributed by atoms with van der Waals surface area (Å²) >= 11 is 1.59. The van der Waals surface area contributed by atoms with Crippen molar-refractivity contribution < 1.29 is 19.0 Å². The van der Waals surface area contributed by atoms with Crippen LogP contribution in [0.3, 0.4) is 0 Å². The monoisotopic (exact) mass is 578 g/mol. The van der Waals surface area contributed by atoms with Gasteiger partial charge in [-0.25, -0.2) is 4.79 Å². The van der Waals surface area contributed by atoms with Gasteiger partial charge in [0, 0.05) is 16.7 Å². The molecule has 0 aliphatic rings. The van der Waals surface area contributed by atoms with Crippen LogP contribution in [0.2, 0.25) is 0 Å². The number of carbonyl (C=O) groups excluding carboxylic acids is 1. The molecule has 0 saturated carbocycles. The molecule has 0 bridgehead atoms. The lowest BCUT2D eigenvalue weighted by Gasteiger charge is -2.10. The molecule has 0 fully saturated rings. The highest BCUT2D eigenvalue weighted by Gasteiger charge is 2.10. The minimum Gasteiger partial charge on any atom is -0.494 e. The van der Waals surface area contributed by atoms with Crippen LogP contribution in [0, 0.1) is 5.92 Å². The fourth-order valence-corrected chi connectivity index (χ4v) is 4.97. The summed E-state index contributed by atoms with van der Waals surface area (Å²) in [5, 5.41) is 10.6. The maximum Gasteiger partial charge on any atom is 0.333 e. The third kappa shape index (κ3) is 12.1. The highest BCUT2D eigenvalue weighted by Crippen LogP contribution is 2.31. The van der Waals surface area contributed by atoms with Crippen LogP contribution in [-0.4, -0.2) is 36.0 Å². The summed E-state index contributed by atoms with van der Waals surface area (Å²) in [5.41, 5.74) is 2.55.